The predicted molar refractivity (Wildman–Crippen MR) is 140 cm³/mol. The summed E-state index contributed by atoms with van der Waals surface area (Å²) in [4.78, 5) is 0. The van der Waals surface area contributed by atoms with Gasteiger partial charge in [-0.05, 0) is 43.8 Å². The van der Waals surface area contributed by atoms with E-state index in [0.717, 1.165) is 35.7 Å². The van der Waals surface area contributed by atoms with Gasteiger partial charge in [0.25, 0.3) is 0 Å². The molecule has 0 heterocycles. The third-order valence-corrected chi connectivity index (χ3v) is 9.33. The average Bonchev–Trinajstić information content (AvgIpc) is 2.66. The molecule has 2 unspecified atom stereocenters. The number of unbranched alkanes of at least 4 members (excludes halogenated alkanes) is 8. The predicted octanol–water partition coefficient (Wildman–Crippen LogP) is 8.42. The first-order chi connectivity index (χ1) is 13.8. The molecule has 0 aromatic carbocycles. The Morgan fingerprint density at radius 1 is 1.00 bits per heavy atom. The van der Waals surface area contributed by atoms with Crippen molar-refractivity contribution >= 4 is 57.4 Å². The van der Waals surface area contributed by atoms with E-state index in [1.807, 2.05) is 12.2 Å². The van der Waals surface area contributed by atoms with E-state index in [2.05, 4.69) is 42.4 Å². The molecule has 1 aliphatic carbocycles. The molecule has 0 amide bonds. The Labute approximate surface area is 208 Å². The van der Waals surface area contributed by atoms with Crippen molar-refractivity contribution in [2.24, 2.45) is 0 Å². The van der Waals surface area contributed by atoms with Crippen LogP contribution in [0.1, 0.15) is 78.1 Å². The largest absolute Gasteiger partial charge is 0.312 e. The fourth-order valence-electron chi connectivity index (χ4n) is 4.12. The van der Waals surface area contributed by atoms with Crippen LogP contribution in [0.3, 0.4) is 0 Å². The maximum atomic E-state index is 6.77. The molecule has 0 saturated heterocycles. The lowest BCUT2D eigenvalue weighted by molar-refractivity contribution is -0.922. The van der Waals surface area contributed by atoms with Crippen molar-refractivity contribution in [2.75, 3.05) is 26.2 Å². The van der Waals surface area contributed by atoms with Crippen LogP contribution in [-0.2, 0) is 0 Å². The Morgan fingerprint density at radius 3 is 1.97 bits per heavy atom. The van der Waals surface area contributed by atoms with Crippen LogP contribution < -0.4 is 0 Å². The number of hydrogen-bond acceptors (Lipinski definition) is 0. The molecule has 0 aliphatic heterocycles. The molecule has 2 atom stereocenters. The minimum Gasteiger partial charge on any atom is -0.312 e. The zero-order chi connectivity index (χ0) is 21.8. The summed E-state index contributed by atoms with van der Waals surface area (Å²) in [5, 5.41) is 1.13. The van der Waals surface area contributed by atoms with E-state index in [4.69, 9.17) is 41.2 Å². The van der Waals surface area contributed by atoms with Gasteiger partial charge in [0.15, 0.2) is 0 Å². The topological polar surface area (TPSA) is 0 Å². The summed E-state index contributed by atoms with van der Waals surface area (Å²) in [7, 11) is 0. The van der Waals surface area contributed by atoms with Crippen LogP contribution in [0.5, 0.6) is 0 Å². The Kier molecular flexibility index (Phi) is 13.9. The monoisotopic (exact) mass is 572 g/mol. The highest BCUT2D eigenvalue weighted by atomic mass is 127. The Hall–Kier alpha value is 0.600. The van der Waals surface area contributed by atoms with Gasteiger partial charge in [0.05, 0.1) is 18.5 Å². The number of rotatable bonds is 15. The summed E-state index contributed by atoms with van der Waals surface area (Å²) in [6.07, 6.45) is 22.3. The molecular weight excluding hydrogens is 536 g/mol. The maximum Gasteiger partial charge on any atom is 0.140 e. The van der Waals surface area contributed by atoms with Crippen LogP contribution >= 0.6 is 57.4 Å². The highest BCUT2D eigenvalue weighted by molar-refractivity contribution is 14.1. The number of hydrogen-bond donors (Lipinski definition) is 0. The second kappa shape index (κ2) is 14.6. The minimum atomic E-state index is -0.372. The first-order valence-electron chi connectivity index (χ1n) is 11.2. The summed E-state index contributed by atoms with van der Waals surface area (Å²) < 4.78 is 0.527. The quantitative estimate of drug-likeness (QED) is 0.0607. The molecular formula is C24H38Cl3IN+. The summed E-state index contributed by atoms with van der Waals surface area (Å²) in [6, 6.07) is 0. The van der Waals surface area contributed by atoms with Gasteiger partial charge in [-0.1, -0.05) is 98.2 Å². The van der Waals surface area contributed by atoms with Crippen LogP contribution in [0.4, 0.5) is 0 Å². The first-order valence-corrected chi connectivity index (χ1v) is 13.5. The molecule has 1 aliphatic rings. The van der Waals surface area contributed by atoms with Crippen molar-refractivity contribution in [1.29, 1.82) is 0 Å². The molecule has 1 nitrogen and oxygen atoms in total. The molecule has 0 bridgehead atoms. The van der Waals surface area contributed by atoms with Gasteiger partial charge in [-0.25, -0.2) is 0 Å². The highest BCUT2D eigenvalue weighted by Crippen LogP contribution is 2.44. The van der Waals surface area contributed by atoms with Gasteiger partial charge in [-0.3, -0.25) is 0 Å². The van der Waals surface area contributed by atoms with Gasteiger partial charge in [0.2, 0.25) is 0 Å². The van der Waals surface area contributed by atoms with Crippen molar-refractivity contribution in [3.05, 3.63) is 22.2 Å². The Morgan fingerprint density at radius 2 is 1.52 bits per heavy atom. The standard InChI is InChI=1S/C24H38Cl3IN/c1-4-7-9-11-13-16-29(15-6-3,17-14-12-10-8-5-2)20-24(28)22(26)18-21(25)19-23(24)27/h3,18-19,22H,4-5,7-17,20H2,1-2H3/q+1. The van der Waals surface area contributed by atoms with Crippen molar-refractivity contribution in [2.45, 2.75) is 86.9 Å². The van der Waals surface area contributed by atoms with Gasteiger partial charge in [0, 0.05) is 10.1 Å². The fourth-order valence-corrected chi connectivity index (χ4v) is 6.21. The van der Waals surface area contributed by atoms with Crippen LogP contribution in [0.2, 0.25) is 0 Å². The molecule has 29 heavy (non-hydrogen) atoms. The SMILES string of the molecule is C#CC[N+](CCCCCCC)(CCCCCCC)CC1(I)C(Cl)=CC(Cl)=CC1Cl. The normalized spacial score (nSPS) is 22.2. The van der Waals surface area contributed by atoms with Crippen molar-refractivity contribution < 1.29 is 4.48 Å². The number of quaternary nitrogens is 1. The third-order valence-electron chi connectivity index (χ3n) is 5.87. The summed E-state index contributed by atoms with van der Waals surface area (Å²) in [5.74, 6) is 2.98. The van der Waals surface area contributed by atoms with Gasteiger partial charge in [-0.2, -0.15) is 0 Å². The number of allylic oxidation sites excluding steroid dienone is 3. The lowest BCUT2D eigenvalue weighted by Crippen LogP contribution is -2.58. The molecule has 0 fully saturated rings. The van der Waals surface area contributed by atoms with Crippen LogP contribution in [0, 0.1) is 12.3 Å². The zero-order valence-electron chi connectivity index (χ0n) is 18.2. The molecule has 0 saturated carbocycles. The zero-order valence-corrected chi connectivity index (χ0v) is 22.6. The molecule has 0 N–H and O–H groups in total. The molecule has 0 aromatic heterocycles. The minimum absolute atomic E-state index is 0.233. The highest BCUT2D eigenvalue weighted by Gasteiger charge is 2.47. The first kappa shape index (κ1) is 27.6. The van der Waals surface area contributed by atoms with Gasteiger partial charge < -0.3 is 4.48 Å². The van der Waals surface area contributed by atoms with Crippen LogP contribution in [0.15, 0.2) is 22.2 Å². The van der Waals surface area contributed by atoms with E-state index >= 15 is 0 Å². The molecule has 0 spiro atoms. The molecule has 0 radical (unpaired) electrons. The smallest absolute Gasteiger partial charge is 0.140 e. The van der Waals surface area contributed by atoms with E-state index in [9.17, 15) is 0 Å². The van der Waals surface area contributed by atoms with Crippen molar-refractivity contribution in [3.8, 4) is 12.3 Å². The van der Waals surface area contributed by atoms with Crippen molar-refractivity contribution in [3.63, 3.8) is 0 Å². The maximum absolute atomic E-state index is 6.77. The van der Waals surface area contributed by atoms with Gasteiger partial charge >= 0.3 is 0 Å². The van der Waals surface area contributed by atoms with Gasteiger partial charge in [0.1, 0.15) is 16.5 Å². The van der Waals surface area contributed by atoms with E-state index in [-0.39, 0.29) is 8.80 Å². The molecule has 0 aromatic rings. The van der Waals surface area contributed by atoms with E-state index in [1.165, 1.54) is 64.2 Å². The molecule has 5 heteroatoms. The van der Waals surface area contributed by atoms with E-state index < -0.39 is 0 Å². The molecule has 166 valence electrons. The van der Waals surface area contributed by atoms with Crippen molar-refractivity contribution in [1.82, 2.24) is 0 Å². The lowest BCUT2D eigenvalue weighted by atomic mass is 9.96. The second-order valence-electron chi connectivity index (χ2n) is 8.45. The second-order valence-corrected chi connectivity index (χ2v) is 11.7. The van der Waals surface area contributed by atoms with Crippen LogP contribution in [0.25, 0.3) is 0 Å². The summed E-state index contributed by atoms with van der Waals surface area (Å²) in [6.45, 7) is 8.29. The molecule has 1 rings (SSSR count). The number of halogens is 4. The fraction of sp³-hybridized carbons (Fsp3) is 0.750. The summed E-state index contributed by atoms with van der Waals surface area (Å²) in [5.41, 5.74) is 0. The number of alkyl halides is 2. The number of terminal acetylenes is 1. The average molecular weight is 574 g/mol. The Bertz CT molecular complexity index is 567. The van der Waals surface area contributed by atoms with E-state index in [0.29, 0.717) is 5.03 Å². The lowest BCUT2D eigenvalue weighted by Gasteiger charge is -2.45. The summed E-state index contributed by atoms with van der Waals surface area (Å²) >= 11 is 22.1. The van der Waals surface area contributed by atoms with Crippen LogP contribution in [-0.4, -0.2) is 39.5 Å². The van der Waals surface area contributed by atoms with E-state index in [1.54, 1.807) is 0 Å². The Balaban J connectivity index is 2.96. The van der Waals surface area contributed by atoms with Gasteiger partial charge in [-0.15, -0.1) is 18.0 Å². The third kappa shape index (κ3) is 9.32. The number of nitrogens with zero attached hydrogens (tertiary/aromatic N) is 1.